The molecule has 0 unspecified atom stereocenters. The van der Waals surface area contributed by atoms with E-state index in [2.05, 4.69) is 5.32 Å². The number of benzene rings is 2. The highest BCUT2D eigenvalue weighted by Gasteiger charge is 2.15. The van der Waals surface area contributed by atoms with Crippen molar-refractivity contribution in [2.75, 3.05) is 26.6 Å². The van der Waals surface area contributed by atoms with Gasteiger partial charge in [0.1, 0.15) is 0 Å². The quantitative estimate of drug-likeness (QED) is 0.853. The van der Waals surface area contributed by atoms with Gasteiger partial charge in [-0.2, -0.15) is 0 Å². The second-order valence-corrected chi connectivity index (χ2v) is 4.39. The molecule has 0 radical (unpaired) electrons. The molecule has 0 saturated carbocycles. The molecular formula is C16H17NO5. The molecule has 0 spiro atoms. The Labute approximate surface area is 128 Å². The Morgan fingerprint density at radius 1 is 1.00 bits per heavy atom. The van der Waals surface area contributed by atoms with Gasteiger partial charge in [0.2, 0.25) is 5.75 Å². The van der Waals surface area contributed by atoms with Crippen molar-refractivity contribution >= 4 is 17.3 Å². The lowest BCUT2D eigenvalue weighted by atomic mass is 10.1. The summed E-state index contributed by atoms with van der Waals surface area (Å²) in [7, 11) is 4.56. The van der Waals surface area contributed by atoms with Crippen LogP contribution < -0.4 is 19.5 Å². The molecule has 0 aliphatic rings. The highest BCUT2D eigenvalue weighted by molar-refractivity contribution is 5.95. The second kappa shape index (κ2) is 6.71. The number of carboxylic acid groups (broad SMARTS) is 1. The molecule has 0 aliphatic heterocycles. The second-order valence-electron chi connectivity index (χ2n) is 4.39. The van der Waals surface area contributed by atoms with E-state index in [0.717, 1.165) is 0 Å². The molecular weight excluding hydrogens is 286 g/mol. The number of carboxylic acids is 1. The number of ether oxygens (including phenoxy) is 3. The van der Waals surface area contributed by atoms with Crippen molar-refractivity contribution < 1.29 is 24.1 Å². The lowest BCUT2D eigenvalue weighted by Crippen LogP contribution is -2.03. The maximum atomic E-state index is 11.2. The Morgan fingerprint density at radius 3 is 2.09 bits per heavy atom. The molecule has 0 amide bonds. The smallest absolute Gasteiger partial charge is 0.337 e. The largest absolute Gasteiger partial charge is 0.493 e. The first-order chi connectivity index (χ1) is 10.6. The zero-order valence-electron chi connectivity index (χ0n) is 12.5. The lowest BCUT2D eigenvalue weighted by molar-refractivity contribution is 0.0698. The summed E-state index contributed by atoms with van der Waals surface area (Å²) < 4.78 is 15.8. The van der Waals surface area contributed by atoms with Crippen molar-refractivity contribution in [1.29, 1.82) is 0 Å². The van der Waals surface area contributed by atoms with E-state index in [4.69, 9.17) is 14.2 Å². The number of hydrogen-bond donors (Lipinski definition) is 2. The van der Waals surface area contributed by atoms with Crippen LogP contribution in [0.4, 0.5) is 11.4 Å². The number of methoxy groups -OCH3 is 3. The number of anilines is 2. The number of rotatable bonds is 6. The highest BCUT2D eigenvalue weighted by atomic mass is 16.5. The van der Waals surface area contributed by atoms with Crippen molar-refractivity contribution in [1.82, 2.24) is 0 Å². The predicted molar refractivity (Wildman–Crippen MR) is 82.8 cm³/mol. The van der Waals surface area contributed by atoms with Crippen LogP contribution in [0.15, 0.2) is 36.4 Å². The van der Waals surface area contributed by atoms with Crippen LogP contribution in [-0.4, -0.2) is 32.4 Å². The number of hydrogen-bond acceptors (Lipinski definition) is 5. The van der Waals surface area contributed by atoms with Gasteiger partial charge >= 0.3 is 5.97 Å². The minimum atomic E-state index is -1.00. The van der Waals surface area contributed by atoms with Gasteiger partial charge in [0, 0.05) is 17.8 Å². The molecule has 0 atom stereocenters. The summed E-state index contributed by atoms with van der Waals surface area (Å²) in [5.41, 5.74) is 1.28. The third-order valence-corrected chi connectivity index (χ3v) is 3.10. The van der Waals surface area contributed by atoms with E-state index >= 15 is 0 Å². The summed E-state index contributed by atoms with van der Waals surface area (Å²) in [6, 6.07) is 10.1. The van der Waals surface area contributed by atoms with Gasteiger partial charge in [-0.05, 0) is 12.1 Å². The summed E-state index contributed by atoms with van der Waals surface area (Å²) in [5.74, 6) is 0.437. The predicted octanol–water partition coefficient (Wildman–Crippen LogP) is 3.15. The molecule has 0 aliphatic carbocycles. The Bertz CT molecular complexity index is 659. The van der Waals surface area contributed by atoms with E-state index in [1.165, 1.54) is 27.4 Å². The molecule has 0 saturated heterocycles. The van der Waals surface area contributed by atoms with E-state index < -0.39 is 5.97 Å². The standard InChI is InChI=1S/C16H17NO5/c1-20-13-8-10(9-14(21-2)15(13)22-3)17-12-7-5-4-6-11(12)16(18)19/h4-9,17H,1-3H3,(H,18,19). The number of carbonyl (C=O) groups is 1. The number of nitrogens with one attached hydrogen (secondary N) is 1. The monoisotopic (exact) mass is 303 g/mol. The third-order valence-electron chi connectivity index (χ3n) is 3.10. The molecule has 6 nitrogen and oxygen atoms in total. The summed E-state index contributed by atoms with van der Waals surface area (Å²) >= 11 is 0. The maximum Gasteiger partial charge on any atom is 0.337 e. The Morgan fingerprint density at radius 2 is 1.59 bits per heavy atom. The zero-order valence-corrected chi connectivity index (χ0v) is 12.5. The average molecular weight is 303 g/mol. The van der Waals surface area contributed by atoms with Crippen LogP contribution in [-0.2, 0) is 0 Å². The third kappa shape index (κ3) is 3.06. The van der Waals surface area contributed by atoms with E-state index in [1.54, 1.807) is 30.3 Å². The van der Waals surface area contributed by atoms with Gasteiger partial charge in [0.05, 0.1) is 32.6 Å². The SMILES string of the molecule is COc1cc(Nc2ccccc2C(=O)O)cc(OC)c1OC. The summed E-state index contributed by atoms with van der Waals surface area (Å²) in [4.78, 5) is 11.2. The Hall–Kier alpha value is -2.89. The lowest BCUT2D eigenvalue weighted by Gasteiger charge is -2.15. The molecule has 2 aromatic rings. The van der Waals surface area contributed by atoms with Gasteiger partial charge in [-0.1, -0.05) is 12.1 Å². The van der Waals surface area contributed by atoms with Gasteiger partial charge in [0.15, 0.2) is 11.5 Å². The van der Waals surface area contributed by atoms with Crippen LogP contribution in [0.2, 0.25) is 0 Å². The fourth-order valence-electron chi connectivity index (χ4n) is 2.09. The summed E-state index contributed by atoms with van der Waals surface area (Å²) in [6.45, 7) is 0. The normalized spacial score (nSPS) is 9.95. The van der Waals surface area contributed by atoms with Crippen molar-refractivity contribution in [3.05, 3.63) is 42.0 Å². The first kappa shape index (κ1) is 15.5. The van der Waals surface area contributed by atoms with E-state index in [1.807, 2.05) is 0 Å². The first-order valence-corrected chi connectivity index (χ1v) is 6.50. The number of aromatic carboxylic acids is 1. The molecule has 2 N–H and O–H groups in total. The van der Waals surface area contributed by atoms with Crippen LogP contribution in [0.1, 0.15) is 10.4 Å². The zero-order chi connectivity index (χ0) is 16.1. The van der Waals surface area contributed by atoms with Gasteiger partial charge in [-0.3, -0.25) is 0 Å². The topological polar surface area (TPSA) is 77.0 Å². The van der Waals surface area contributed by atoms with E-state index in [0.29, 0.717) is 28.6 Å². The molecule has 0 heterocycles. The molecule has 0 aromatic heterocycles. The van der Waals surface area contributed by atoms with Crippen LogP contribution >= 0.6 is 0 Å². The van der Waals surface area contributed by atoms with Crippen molar-refractivity contribution in [3.8, 4) is 17.2 Å². The highest BCUT2D eigenvalue weighted by Crippen LogP contribution is 2.40. The fraction of sp³-hybridized carbons (Fsp3) is 0.188. The molecule has 2 rings (SSSR count). The van der Waals surface area contributed by atoms with Gasteiger partial charge in [-0.15, -0.1) is 0 Å². The summed E-state index contributed by atoms with van der Waals surface area (Å²) in [6.07, 6.45) is 0. The molecule has 22 heavy (non-hydrogen) atoms. The van der Waals surface area contributed by atoms with E-state index in [-0.39, 0.29) is 5.56 Å². The van der Waals surface area contributed by atoms with Crippen molar-refractivity contribution in [2.45, 2.75) is 0 Å². The molecule has 2 aromatic carbocycles. The molecule has 0 fully saturated rings. The van der Waals surface area contributed by atoms with Gasteiger partial charge in [0.25, 0.3) is 0 Å². The Kier molecular flexibility index (Phi) is 4.73. The summed E-state index contributed by atoms with van der Waals surface area (Å²) in [5, 5.41) is 12.3. The molecule has 6 heteroatoms. The maximum absolute atomic E-state index is 11.2. The van der Waals surface area contributed by atoms with Crippen LogP contribution in [0.25, 0.3) is 0 Å². The van der Waals surface area contributed by atoms with Crippen molar-refractivity contribution in [3.63, 3.8) is 0 Å². The first-order valence-electron chi connectivity index (χ1n) is 6.50. The van der Waals surface area contributed by atoms with Crippen molar-refractivity contribution in [2.24, 2.45) is 0 Å². The van der Waals surface area contributed by atoms with Gasteiger partial charge < -0.3 is 24.6 Å². The van der Waals surface area contributed by atoms with Crippen LogP contribution in [0, 0.1) is 0 Å². The molecule has 116 valence electrons. The fourth-order valence-corrected chi connectivity index (χ4v) is 2.09. The van der Waals surface area contributed by atoms with E-state index in [9.17, 15) is 9.90 Å². The van der Waals surface area contributed by atoms with Crippen LogP contribution in [0.3, 0.4) is 0 Å². The molecule has 0 bridgehead atoms. The minimum absolute atomic E-state index is 0.177. The van der Waals surface area contributed by atoms with Gasteiger partial charge in [-0.25, -0.2) is 4.79 Å². The minimum Gasteiger partial charge on any atom is -0.493 e. The van der Waals surface area contributed by atoms with Crippen LogP contribution in [0.5, 0.6) is 17.2 Å². The Balaban J connectivity index is 2.44. The average Bonchev–Trinajstić information content (AvgIpc) is 2.54. The number of para-hydroxylation sites is 1.